The van der Waals surface area contributed by atoms with E-state index in [1.54, 1.807) is 17.5 Å². The van der Waals surface area contributed by atoms with Crippen LogP contribution in [-0.2, 0) is 6.54 Å². The predicted octanol–water partition coefficient (Wildman–Crippen LogP) is 4.89. The minimum atomic E-state index is 0.315. The Morgan fingerprint density at radius 1 is 1.14 bits per heavy atom. The van der Waals surface area contributed by atoms with Crippen LogP contribution in [-0.4, -0.2) is 31.4 Å². The maximum absolute atomic E-state index is 4.80. The first-order valence-electron chi connectivity index (χ1n) is 9.65. The van der Waals surface area contributed by atoms with E-state index in [4.69, 9.17) is 4.98 Å². The largest absolute Gasteiger partial charge is 0.361 e. The summed E-state index contributed by atoms with van der Waals surface area (Å²) < 4.78 is 0. The molecule has 1 fully saturated rings. The number of aromatic nitrogens is 4. The molecule has 1 aliphatic rings. The average Bonchev–Trinajstić information content (AvgIpc) is 3.40. The van der Waals surface area contributed by atoms with E-state index in [-0.39, 0.29) is 0 Å². The first-order chi connectivity index (χ1) is 13.8. The fourth-order valence-electron chi connectivity index (χ4n) is 3.95. The Morgan fingerprint density at radius 3 is 3.07 bits per heavy atom. The van der Waals surface area contributed by atoms with Gasteiger partial charge in [-0.05, 0) is 54.6 Å². The van der Waals surface area contributed by atoms with E-state index in [0.29, 0.717) is 12.0 Å². The number of thiazole rings is 1. The number of rotatable bonds is 5. The summed E-state index contributed by atoms with van der Waals surface area (Å²) in [5, 5.41) is 7.23. The van der Waals surface area contributed by atoms with Gasteiger partial charge in [0.25, 0.3) is 0 Å². The van der Waals surface area contributed by atoms with Crippen molar-refractivity contribution in [2.75, 3.05) is 11.9 Å². The van der Waals surface area contributed by atoms with Gasteiger partial charge in [-0.25, -0.2) is 15.0 Å². The van der Waals surface area contributed by atoms with E-state index in [9.17, 15) is 0 Å². The summed E-state index contributed by atoms with van der Waals surface area (Å²) in [6.07, 6.45) is 9.21. The highest BCUT2D eigenvalue weighted by Gasteiger charge is 2.25. The second-order valence-corrected chi connectivity index (χ2v) is 8.04. The van der Waals surface area contributed by atoms with Crippen LogP contribution in [0.1, 0.15) is 36.6 Å². The molecule has 6 nitrogen and oxygen atoms in total. The summed E-state index contributed by atoms with van der Waals surface area (Å²) in [5.41, 5.74) is 3.61. The van der Waals surface area contributed by atoms with Crippen LogP contribution in [0.4, 0.5) is 11.1 Å². The van der Waals surface area contributed by atoms with Gasteiger partial charge >= 0.3 is 0 Å². The molecule has 1 atom stereocenters. The number of nitrogens with zero attached hydrogens (tertiary/aromatic N) is 4. The Labute approximate surface area is 167 Å². The Kier molecular flexibility index (Phi) is 4.76. The predicted molar refractivity (Wildman–Crippen MR) is 113 cm³/mol. The van der Waals surface area contributed by atoms with E-state index >= 15 is 0 Å². The van der Waals surface area contributed by atoms with Crippen LogP contribution in [0.3, 0.4) is 0 Å². The van der Waals surface area contributed by atoms with E-state index in [1.165, 1.54) is 29.3 Å². The van der Waals surface area contributed by atoms with Crippen molar-refractivity contribution in [2.45, 2.75) is 31.8 Å². The summed E-state index contributed by atoms with van der Waals surface area (Å²) in [6.45, 7) is 2.03. The van der Waals surface area contributed by atoms with Gasteiger partial charge in [0.05, 0.1) is 11.7 Å². The topological polar surface area (TPSA) is 69.7 Å². The van der Waals surface area contributed by atoms with E-state index in [2.05, 4.69) is 49.4 Å². The highest BCUT2D eigenvalue weighted by atomic mass is 32.1. The first kappa shape index (κ1) is 17.3. The third-order valence-electron chi connectivity index (χ3n) is 5.29. The minimum Gasteiger partial charge on any atom is -0.361 e. The molecular formula is C21H22N6S. The number of aromatic amines is 1. The lowest BCUT2D eigenvalue weighted by atomic mass is 9.98. The summed E-state index contributed by atoms with van der Waals surface area (Å²) in [5.74, 6) is 0.617. The molecule has 5 rings (SSSR count). The van der Waals surface area contributed by atoms with Gasteiger partial charge in [0.15, 0.2) is 5.13 Å². The molecule has 0 unspecified atom stereocenters. The number of likely N-dealkylation sites (tertiary alicyclic amines) is 1. The monoisotopic (exact) mass is 390 g/mol. The Bertz CT molecular complexity index is 1060. The van der Waals surface area contributed by atoms with Crippen LogP contribution in [0.25, 0.3) is 10.9 Å². The summed E-state index contributed by atoms with van der Waals surface area (Å²) >= 11 is 1.55. The number of hydrogen-bond donors (Lipinski definition) is 2. The standard InChI is InChI=1S/C21H22N6S/c1-2-11-27(14-15-4-5-17-16(13-15)6-8-22-17)19(3-1)18-7-9-23-20(25-18)26-21-24-10-12-28-21/h4-10,12-13,19,22H,1-3,11,14H2,(H,23,24,25,26)/t19-/m1/s1. The maximum atomic E-state index is 4.80. The number of hydrogen-bond acceptors (Lipinski definition) is 6. The molecule has 0 amide bonds. The molecule has 1 aliphatic heterocycles. The van der Waals surface area contributed by atoms with Gasteiger partial charge in [-0.15, -0.1) is 11.3 Å². The fourth-order valence-corrected chi connectivity index (χ4v) is 4.47. The molecule has 0 spiro atoms. The molecule has 4 heterocycles. The highest BCUT2D eigenvalue weighted by molar-refractivity contribution is 7.13. The van der Waals surface area contributed by atoms with Crippen molar-refractivity contribution in [3.05, 3.63) is 65.6 Å². The van der Waals surface area contributed by atoms with Crippen molar-refractivity contribution in [1.82, 2.24) is 24.8 Å². The van der Waals surface area contributed by atoms with Crippen molar-refractivity contribution in [3.8, 4) is 0 Å². The molecule has 0 radical (unpaired) electrons. The molecule has 0 bridgehead atoms. The number of anilines is 2. The van der Waals surface area contributed by atoms with Crippen molar-refractivity contribution < 1.29 is 0 Å². The third kappa shape index (κ3) is 3.63. The number of fused-ring (bicyclic) bond motifs is 1. The Hall–Kier alpha value is -2.77. The quantitative estimate of drug-likeness (QED) is 0.508. The zero-order valence-electron chi connectivity index (χ0n) is 15.5. The van der Waals surface area contributed by atoms with Crippen LogP contribution in [0.15, 0.2) is 54.3 Å². The van der Waals surface area contributed by atoms with Gasteiger partial charge in [-0.2, -0.15) is 0 Å². The number of nitrogens with one attached hydrogen (secondary N) is 2. The molecule has 0 saturated carbocycles. The van der Waals surface area contributed by atoms with Gasteiger partial charge in [0.2, 0.25) is 5.95 Å². The highest BCUT2D eigenvalue weighted by Crippen LogP contribution is 2.32. The zero-order valence-corrected chi connectivity index (χ0v) is 16.3. The average molecular weight is 391 g/mol. The van der Waals surface area contributed by atoms with Gasteiger partial charge in [0.1, 0.15) is 0 Å². The van der Waals surface area contributed by atoms with E-state index < -0.39 is 0 Å². The molecule has 2 N–H and O–H groups in total. The van der Waals surface area contributed by atoms with Crippen molar-refractivity contribution in [3.63, 3.8) is 0 Å². The van der Waals surface area contributed by atoms with E-state index in [0.717, 1.165) is 30.3 Å². The number of H-pyrrole nitrogens is 1. The van der Waals surface area contributed by atoms with Crippen LogP contribution >= 0.6 is 11.3 Å². The summed E-state index contributed by atoms with van der Waals surface area (Å²) in [6, 6.07) is 11.2. The smallest absolute Gasteiger partial charge is 0.229 e. The normalized spacial score (nSPS) is 17.8. The zero-order chi connectivity index (χ0) is 18.8. The summed E-state index contributed by atoms with van der Waals surface area (Å²) in [4.78, 5) is 19.2. The number of piperidine rings is 1. The molecule has 1 saturated heterocycles. The lowest BCUT2D eigenvalue weighted by Gasteiger charge is -2.35. The lowest BCUT2D eigenvalue weighted by Crippen LogP contribution is -2.33. The molecule has 3 aromatic heterocycles. The van der Waals surface area contributed by atoms with Crippen molar-refractivity contribution in [2.24, 2.45) is 0 Å². The summed E-state index contributed by atoms with van der Waals surface area (Å²) in [7, 11) is 0. The van der Waals surface area contributed by atoms with E-state index in [1.807, 2.05) is 23.8 Å². The van der Waals surface area contributed by atoms with Gasteiger partial charge in [-0.3, -0.25) is 4.90 Å². The van der Waals surface area contributed by atoms with Crippen LogP contribution < -0.4 is 5.32 Å². The third-order valence-corrected chi connectivity index (χ3v) is 5.98. The van der Waals surface area contributed by atoms with Crippen LogP contribution in [0.5, 0.6) is 0 Å². The first-order valence-corrected chi connectivity index (χ1v) is 10.5. The second kappa shape index (κ2) is 7.69. The SMILES string of the molecule is c1cc([C@H]2CCCCN2Cc2ccc3[nH]ccc3c2)nc(Nc2nccs2)n1. The molecule has 7 heteroatoms. The van der Waals surface area contributed by atoms with Gasteiger partial charge < -0.3 is 10.3 Å². The Balaban J connectivity index is 1.37. The molecule has 4 aromatic rings. The van der Waals surface area contributed by atoms with Crippen LogP contribution in [0, 0.1) is 0 Å². The fraction of sp³-hybridized carbons (Fsp3) is 0.286. The molecule has 0 aliphatic carbocycles. The van der Waals surface area contributed by atoms with Gasteiger partial charge in [0, 0.05) is 36.0 Å². The number of benzene rings is 1. The molecular weight excluding hydrogens is 368 g/mol. The van der Waals surface area contributed by atoms with Crippen LogP contribution in [0.2, 0.25) is 0 Å². The van der Waals surface area contributed by atoms with Crippen molar-refractivity contribution >= 4 is 33.3 Å². The van der Waals surface area contributed by atoms with Crippen molar-refractivity contribution in [1.29, 1.82) is 0 Å². The van der Waals surface area contributed by atoms with Gasteiger partial charge in [-0.1, -0.05) is 12.5 Å². The maximum Gasteiger partial charge on any atom is 0.229 e. The lowest BCUT2D eigenvalue weighted by molar-refractivity contribution is 0.137. The second-order valence-electron chi connectivity index (χ2n) is 7.15. The molecule has 28 heavy (non-hydrogen) atoms. The molecule has 1 aromatic carbocycles. The minimum absolute atomic E-state index is 0.315. The molecule has 142 valence electrons. The Morgan fingerprint density at radius 2 is 2.14 bits per heavy atom.